The summed E-state index contributed by atoms with van der Waals surface area (Å²) in [6, 6.07) is -0.0810. The lowest BCUT2D eigenvalue weighted by molar-refractivity contribution is -0.137. The molecule has 0 unspecified atom stereocenters. The van der Waals surface area contributed by atoms with E-state index in [4.69, 9.17) is 5.11 Å². The molecule has 0 aromatic heterocycles. The highest BCUT2D eigenvalue weighted by Crippen LogP contribution is 2.12. The molecular weight excluding hydrogens is 276 g/mol. The Morgan fingerprint density at radius 1 is 1.19 bits per heavy atom. The van der Waals surface area contributed by atoms with Crippen molar-refractivity contribution in [1.29, 1.82) is 0 Å². The molecule has 0 aliphatic carbocycles. The molecule has 1 aliphatic rings. The van der Waals surface area contributed by atoms with Gasteiger partial charge in [-0.25, -0.2) is 4.79 Å². The summed E-state index contributed by atoms with van der Waals surface area (Å²) >= 11 is 0. The predicted octanol–water partition coefficient (Wildman–Crippen LogP) is -0.639. The van der Waals surface area contributed by atoms with Gasteiger partial charge in [0.15, 0.2) is 0 Å². The second kappa shape index (κ2) is 9.17. The second-order valence-electron chi connectivity index (χ2n) is 5.00. The fourth-order valence-corrected chi connectivity index (χ4v) is 2.30. The van der Waals surface area contributed by atoms with Crippen molar-refractivity contribution >= 4 is 17.9 Å². The SMILES string of the molecule is CCCN(C(=O)NCC(=O)NCC(=O)O)C1CCNCC1. The first-order chi connectivity index (χ1) is 10.0. The summed E-state index contributed by atoms with van der Waals surface area (Å²) in [4.78, 5) is 35.7. The van der Waals surface area contributed by atoms with Gasteiger partial charge in [0.1, 0.15) is 6.54 Å². The number of nitrogens with one attached hydrogen (secondary N) is 3. The van der Waals surface area contributed by atoms with Crippen LogP contribution in [-0.4, -0.2) is 66.7 Å². The van der Waals surface area contributed by atoms with Crippen molar-refractivity contribution in [2.24, 2.45) is 0 Å². The second-order valence-corrected chi connectivity index (χ2v) is 5.00. The van der Waals surface area contributed by atoms with Gasteiger partial charge in [-0.2, -0.15) is 0 Å². The van der Waals surface area contributed by atoms with Crippen LogP contribution in [0.2, 0.25) is 0 Å². The summed E-state index contributed by atoms with van der Waals surface area (Å²) in [6.07, 6.45) is 2.65. The van der Waals surface area contributed by atoms with Crippen molar-refractivity contribution in [3.63, 3.8) is 0 Å². The van der Waals surface area contributed by atoms with Crippen LogP contribution >= 0.6 is 0 Å². The molecule has 0 saturated carbocycles. The molecule has 4 N–H and O–H groups in total. The van der Waals surface area contributed by atoms with Crippen LogP contribution in [0, 0.1) is 0 Å². The Labute approximate surface area is 124 Å². The van der Waals surface area contributed by atoms with Crippen LogP contribution in [0.15, 0.2) is 0 Å². The number of rotatable bonds is 7. The molecule has 21 heavy (non-hydrogen) atoms. The predicted molar refractivity (Wildman–Crippen MR) is 76.9 cm³/mol. The van der Waals surface area contributed by atoms with E-state index in [-0.39, 0.29) is 18.6 Å². The molecule has 0 bridgehead atoms. The van der Waals surface area contributed by atoms with E-state index in [2.05, 4.69) is 16.0 Å². The molecule has 3 amide bonds. The number of hydrogen-bond acceptors (Lipinski definition) is 4. The summed E-state index contributed by atoms with van der Waals surface area (Å²) in [5.41, 5.74) is 0. The number of nitrogens with zero attached hydrogens (tertiary/aromatic N) is 1. The maximum absolute atomic E-state index is 12.2. The van der Waals surface area contributed by atoms with Crippen LogP contribution in [0.25, 0.3) is 0 Å². The minimum atomic E-state index is -1.11. The fourth-order valence-electron chi connectivity index (χ4n) is 2.30. The van der Waals surface area contributed by atoms with Crippen molar-refractivity contribution in [2.75, 3.05) is 32.7 Å². The highest BCUT2D eigenvalue weighted by atomic mass is 16.4. The third kappa shape index (κ3) is 6.44. The van der Waals surface area contributed by atoms with Gasteiger partial charge in [-0.05, 0) is 32.4 Å². The Balaban J connectivity index is 2.41. The number of amides is 3. The topological polar surface area (TPSA) is 111 Å². The van der Waals surface area contributed by atoms with Crippen LogP contribution < -0.4 is 16.0 Å². The Kier molecular flexibility index (Phi) is 7.52. The molecule has 1 heterocycles. The number of carbonyl (C=O) groups excluding carboxylic acids is 2. The van der Waals surface area contributed by atoms with Gasteiger partial charge in [0.2, 0.25) is 5.91 Å². The summed E-state index contributed by atoms with van der Waals surface area (Å²) in [5, 5.41) is 16.5. The number of carboxylic acids is 1. The first-order valence-electron chi connectivity index (χ1n) is 7.28. The molecule has 1 aliphatic heterocycles. The summed E-state index contributed by atoms with van der Waals surface area (Å²) in [6.45, 7) is 3.77. The van der Waals surface area contributed by atoms with Gasteiger partial charge in [0, 0.05) is 12.6 Å². The molecular formula is C13H24N4O4. The van der Waals surface area contributed by atoms with Crippen LogP contribution in [0.4, 0.5) is 4.79 Å². The standard InChI is InChI=1S/C13H24N4O4/c1-2-7-17(10-3-5-14-6-4-10)13(21)16-8-11(18)15-9-12(19)20/h10,14H,2-9H2,1H3,(H,15,18)(H,16,21)(H,19,20). The van der Waals surface area contributed by atoms with E-state index in [9.17, 15) is 14.4 Å². The lowest BCUT2D eigenvalue weighted by Crippen LogP contribution is -2.51. The number of carboxylic acid groups (broad SMARTS) is 1. The third-order valence-electron chi connectivity index (χ3n) is 3.31. The smallest absolute Gasteiger partial charge is 0.322 e. The van der Waals surface area contributed by atoms with Gasteiger partial charge in [-0.1, -0.05) is 6.92 Å². The van der Waals surface area contributed by atoms with Crippen molar-refractivity contribution in [2.45, 2.75) is 32.2 Å². The number of piperidine rings is 1. The molecule has 1 fully saturated rings. The fraction of sp³-hybridized carbons (Fsp3) is 0.769. The van der Waals surface area contributed by atoms with E-state index in [1.54, 1.807) is 4.90 Å². The minimum absolute atomic E-state index is 0.188. The number of carbonyl (C=O) groups is 3. The quantitative estimate of drug-likeness (QED) is 0.500. The molecule has 120 valence electrons. The van der Waals surface area contributed by atoms with Crippen molar-refractivity contribution in [3.8, 4) is 0 Å². The molecule has 8 heteroatoms. The first-order valence-corrected chi connectivity index (χ1v) is 7.28. The van der Waals surface area contributed by atoms with Crippen molar-refractivity contribution in [1.82, 2.24) is 20.9 Å². The van der Waals surface area contributed by atoms with Gasteiger partial charge in [-0.3, -0.25) is 9.59 Å². The normalized spacial score (nSPS) is 15.3. The van der Waals surface area contributed by atoms with E-state index < -0.39 is 18.4 Å². The van der Waals surface area contributed by atoms with Gasteiger partial charge in [-0.15, -0.1) is 0 Å². The van der Waals surface area contributed by atoms with Crippen molar-refractivity contribution in [3.05, 3.63) is 0 Å². The molecule has 1 saturated heterocycles. The van der Waals surface area contributed by atoms with Crippen LogP contribution in [0.3, 0.4) is 0 Å². The number of aliphatic carboxylic acids is 1. The first kappa shape index (κ1) is 17.2. The maximum Gasteiger partial charge on any atom is 0.322 e. The van der Waals surface area contributed by atoms with E-state index in [0.29, 0.717) is 6.54 Å². The zero-order valence-electron chi connectivity index (χ0n) is 12.4. The molecule has 0 atom stereocenters. The third-order valence-corrected chi connectivity index (χ3v) is 3.31. The van der Waals surface area contributed by atoms with E-state index in [1.165, 1.54) is 0 Å². The summed E-state index contributed by atoms with van der Waals surface area (Å²) in [5.74, 6) is -1.62. The maximum atomic E-state index is 12.2. The summed E-state index contributed by atoms with van der Waals surface area (Å²) < 4.78 is 0. The van der Waals surface area contributed by atoms with Crippen LogP contribution in [0.1, 0.15) is 26.2 Å². The van der Waals surface area contributed by atoms with Crippen LogP contribution in [-0.2, 0) is 9.59 Å². The highest BCUT2D eigenvalue weighted by Gasteiger charge is 2.24. The minimum Gasteiger partial charge on any atom is -0.480 e. The van der Waals surface area contributed by atoms with E-state index in [1.807, 2.05) is 6.92 Å². The van der Waals surface area contributed by atoms with E-state index >= 15 is 0 Å². The molecule has 0 radical (unpaired) electrons. The lowest BCUT2D eigenvalue weighted by Gasteiger charge is -2.34. The molecule has 0 aromatic rings. The number of urea groups is 1. The highest BCUT2D eigenvalue weighted by molar-refractivity contribution is 5.86. The Bertz CT molecular complexity index is 369. The Morgan fingerprint density at radius 3 is 2.43 bits per heavy atom. The van der Waals surface area contributed by atoms with E-state index in [0.717, 1.165) is 32.4 Å². The average Bonchev–Trinajstić information content (AvgIpc) is 2.49. The zero-order valence-corrected chi connectivity index (χ0v) is 12.4. The zero-order chi connectivity index (χ0) is 15.7. The van der Waals surface area contributed by atoms with Crippen LogP contribution in [0.5, 0.6) is 0 Å². The average molecular weight is 300 g/mol. The molecule has 1 rings (SSSR count). The molecule has 0 aromatic carbocycles. The van der Waals surface area contributed by atoms with Gasteiger partial charge in [0.25, 0.3) is 0 Å². The summed E-state index contributed by atoms with van der Waals surface area (Å²) in [7, 11) is 0. The van der Waals surface area contributed by atoms with Gasteiger partial charge < -0.3 is 26.0 Å². The lowest BCUT2D eigenvalue weighted by atomic mass is 10.0. The molecule has 8 nitrogen and oxygen atoms in total. The van der Waals surface area contributed by atoms with Crippen molar-refractivity contribution < 1.29 is 19.5 Å². The Morgan fingerprint density at radius 2 is 1.86 bits per heavy atom. The van der Waals surface area contributed by atoms with Gasteiger partial charge in [0.05, 0.1) is 6.54 Å². The number of hydrogen-bond donors (Lipinski definition) is 4. The monoisotopic (exact) mass is 300 g/mol. The molecule has 0 spiro atoms. The largest absolute Gasteiger partial charge is 0.480 e. The Hall–Kier alpha value is -1.83. The van der Waals surface area contributed by atoms with Gasteiger partial charge >= 0.3 is 12.0 Å².